The number of hydrogen-bond acceptors (Lipinski definition) is 5. The Kier molecular flexibility index (Phi) is 15.0. The lowest BCUT2D eigenvalue weighted by molar-refractivity contribution is 0.304. The molecule has 0 fully saturated rings. The van der Waals surface area contributed by atoms with Gasteiger partial charge in [-0.1, -0.05) is 109 Å². The summed E-state index contributed by atoms with van der Waals surface area (Å²) >= 11 is 3.54. The maximum atomic E-state index is 6.60. The Bertz CT molecular complexity index is 1970. The molecular weight excluding hydrogens is 728 g/mol. The van der Waals surface area contributed by atoms with Gasteiger partial charge in [0.05, 0.1) is 6.61 Å². The van der Waals surface area contributed by atoms with Crippen molar-refractivity contribution in [3.8, 4) is 5.75 Å². The number of ether oxygens (including phenoxy) is 1. The Hall–Kier alpha value is -5.59. The molecule has 0 aliphatic rings. The van der Waals surface area contributed by atoms with Gasteiger partial charge in [0, 0.05) is 71.2 Å². The largest absolute Gasteiger partial charge is 0.493 e. The quantitative estimate of drug-likeness (QED) is 0.0606. The molecule has 0 saturated carbocycles. The van der Waals surface area contributed by atoms with Crippen LogP contribution in [0.1, 0.15) is 78.3 Å². The fraction of sp³-hybridized carbons (Fsp3) is 0.188. The average molecular weight is 776 g/mol. The van der Waals surface area contributed by atoms with Crippen LogP contribution in [0.2, 0.25) is 0 Å². The molecule has 6 heteroatoms. The van der Waals surface area contributed by atoms with E-state index in [1.54, 1.807) is 0 Å². The molecule has 3 aromatic heterocycles. The number of aromatic nitrogens is 3. The molecule has 0 amide bonds. The normalized spacial score (nSPS) is 11.5. The fourth-order valence-corrected chi connectivity index (χ4v) is 6.49. The van der Waals surface area contributed by atoms with Gasteiger partial charge >= 0.3 is 0 Å². The lowest BCUT2D eigenvalue weighted by atomic mass is 10.1. The Morgan fingerprint density at radius 2 is 0.815 bits per heavy atom. The zero-order valence-corrected chi connectivity index (χ0v) is 32.3. The van der Waals surface area contributed by atoms with Gasteiger partial charge in [-0.25, -0.2) is 0 Å². The minimum absolute atomic E-state index is 0.679. The van der Waals surface area contributed by atoms with Gasteiger partial charge in [-0.15, -0.1) is 0 Å². The van der Waals surface area contributed by atoms with Crippen LogP contribution in [-0.2, 0) is 0 Å². The van der Waals surface area contributed by atoms with Crippen LogP contribution in [0, 0.1) is 0 Å². The van der Waals surface area contributed by atoms with Gasteiger partial charge in [0.2, 0.25) is 0 Å². The molecule has 54 heavy (non-hydrogen) atoms. The van der Waals surface area contributed by atoms with E-state index in [0.29, 0.717) is 6.61 Å². The van der Waals surface area contributed by atoms with Crippen LogP contribution < -0.4 is 9.64 Å². The van der Waals surface area contributed by atoms with Crippen molar-refractivity contribution in [2.75, 3.05) is 16.8 Å². The molecule has 272 valence electrons. The number of benzene rings is 3. The van der Waals surface area contributed by atoms with Gasteiger partial charge in [0.15, 0.2) is 0 Å². The molecule has 3 aromatic carbocycles. The molecule has 6 rings (SSSR count). The van der Waals surface area contributed by atoms with Gasteiger partial charge in [0.25, 0.3) is 0 Å². The van der Waals surface area contributed by atoms with Crippen molar-refractivity contribution in [1.29, 1.82) is 0 Å². The van der Waals surface area contributed by atoms with Gasteiger partial charge in [0.1, 0.15) is 5.75 Å². The van der Waals surface area contributed by atoms with Gasteiger partial charge in [-0.3, -0.25) is 15.0 Å². The Morgan fingerprint density at radius 3 is 1.28 bits per heavy atom. The third-order valence-corrected chi connectivity index (χ3v) is 9.66. The smallest absolute Gasteiger partial charge is 0.128 e. The summed E-state index contributed by atoms with van der Waals surface area (Å²) in [5, 5.41) is 1.10. The first-order valence-electron chi connectivity index (χ1n) is 18.8. The third-order valence-electron chi connectivity index (χ3n) is 9.10. The van der Waals surface area contributed by atoms with E-state index in [0.717, 1.165) is 67.9 Å². The van der Waals surface area contributed by atoms with Gasteiger partial charge in [-0.05, 0) is 113 Å². The minimum Gasteiger partial charge on any atom is -0.493 e. The molecule has 6 aromatic rings. The van der Waals surface area contributed by atoms with Crippen LogP contribution in [-0.4, -0.2) is 26.9 Å². The summed E-state index contributed by atoms with van der Waals surface area (Å²) in [6.07, 6.45) is 32.2. The van der Waals surface area contributed by atoms with E-state index in [2.05, 4.69) is 139 Å². The molecule has 0 aliphatic carbocycles. The highest BCUT2D eigenvalue weighted by molar-refractivity contribution is 9.09. The van der Waals surface area contributed by atoms with E-state index in [4.69, 9.17) is 4.74 Å². The molecule has 5 nitrogen and oxygen atoms in total. The highest BCUT2D eigenvalue weighted by Crippen LogP contribution is 2.38. The number of anilines is 3. The lowest BCUT2D eigenvalue weighted by Crippen LogP contribution is -2.10. The summed E-state index contributed by atoms with van der Waals surface area (Å²) < 4.78 is 6.60. The number of hydrogen-bond donors (Lipinski definition) is 0. The zero-order valence-electron chi connectivity index (χ0n) is 30.7. The summed E-state index contributed by atoms with van der Waals surface area (Å²) in [5.41, 5.74) is 9.75. The van der Waals surface area contributed by atoms with Gasteiger partial charge < -0.3 is 9.64 Å². The second-order valence-corrected chi connectivity index (χ2v) is 13.9. The third kappa shape index (κ3) is 12.0. The Morgan fingerprint density at radius 1 is 0.426 bits per heavy atom. The summed E-state index contributed by atoms with van der Waals surface area (Å²) in [7, 11) is 0. The van der Waals surface area contributed by atoms with Crippen LogP contribution in [0.4, 0.5) is 17.1 Å². The first kappa shape index (κ1) is 38.1. The first-order chi connectivity index (χ1) is 26.7. The van der Waals surface area contributed by atoms with E-state index in [9.17, 15) is 0 Å². The van der Waals surface area contributed by atoms with E-state index in [1.807, 2.05) is 73.6 Å². The zero-order chi connectivity index (χ0) is 37.0. The highest BCUT2D eigenvalue weighted by atomic mass is 79.9. The van der Waals surface area contributed by atoms with E-state index < -0.39 is 0 Å². The van der Waals surface area contributed by atoms with Crippen molar-refractivity contribution in [1.82, 2.24) is 15.0 Å². The minimum atomic E-state index is 0.679. The molecule has 3 heterocycles. The maximum Gasteiger partial charge on any atom is 0.128 e. The van der Waals surface area contributed by atoms with Crippen LogP contribution in [0.3, 0.4) is 0 Å². The van der Waals surface area contributed by atoms with Gasteiger partial charge in [-0.2, -0.15) is 0 Å². The molecule has 0 N–H and O–H groups in total. The summed E-state index contributed by atoms with van der Waals surface area (Å²) in [6.45, 7) is 0.679. The van der Waals surface area contributed by atoms with Crippen LogP contribution in [0.25, 0.3) is 36.5 Å². The van der Waals surface area contributed by atoms with Crippen LogP contribution >= 0.6 is 15.9 Å². The van der Waals surface area contributed by atoms with Crippen molar-refractivity contribution in [3.63, 3.8) is 0 Å². The molecule has 0 radical (unpaired) electrons. The van der Waals surface area contributed by atoms with Crippen molar-refractivity contribution in [2.45, 2.75) is 44.9 Å². The topological polar surface area (TPSA) is 51.1 Å². The lowest BCUT2D eigenvalue weighted by Gasteiger charge is -2.26. The van der Waals surface area contributed by atoms with E-state index in [-0.39, 0.29) is 0 Å². The Labute approximate surface area is 329 Å². The van der Waals surface area contributed by atoms with Crippen molar-refractivity contribution in [3.05, 3.63) is 174 Å². The number of nitrogens with zero attached hydrogens (tertiary/aromatic N) is 4. The molecule has 0 bridgehead atoms. The second kappa shape index (κ2) is 21.2. The van der Waals surface area contributed by atoms with Crippen molar-refractivity contribution < 1.29 is 4.74 Å². The van der Waals surface area contributed by atoms with Crippen molar-refractivity contribution >= 4 is 69.4 Å². The second-order valence-electron chi connectivity index (χ2n) is 13.1. The number of pyridine rings is 3. The van der Waals surface area contributed by atoms with Crippen LogP contribution in [0.5, 0.6) is 5.75 Å². The Balaban J connectivity index is 1.28. The molecule has 0 saturated heterocycles. The number of alkyl halides is 1. The predicted molar refractivity (Wildman–Crippen MR) is 232 cm³/mol. The summed E-state index contributed by atoms with van der Waals surface area (Å²) in [5.74, 6) is 0.869. The molecule has 0 atom stereocenters. The maximum absolute atomic E-state index is 6.60. The fourth-order valence-electron chi connectivity index (χ4n) is 6.10. The summed E-state index contributed by atoms with van der Waals surface area (Å²) in [6, 6.07) is 35.9. The summed E-state index contributed by atoms with van der Waals surface area (Å²) in [4.78, 5) is 14.7. The number of rotatable bonds is 19. The molecular formula is C48H47BrN4O. The predicted octanol–water partition coefficient (Wildman–Crippen LogP) is 13.4. The number of halogens is 1. The van der Waals surface area contributed by atoms with E-state index in [1.165, 1.54) is 38.5 Å². The first-order valence-corrected chi connectivity index (χ1v) is 19.9. The molecule has 0 unspecified atom stereocenters. The highest BCUT2D eigenvalue weighted by Gasteiger charge is 2.15. The standard InChI is InChI=1S/C48H47BrN4O/c49-30-6-4-2-1-3-5-7-37-54-48-38-47(23-18-44(48)17-12-43-28-35-52-36-29-43)53(45-19-13-39(14-20-45)8-10-41-24-31-50-32-25-41)46-21-15-40(16-22-46)9-11-42-26-33-51-34-27-42/h8-29,31-36,38H,1-7,30,37H2. The molecule has 0 aliphatic heterocycles. The monoisotopic (exact) mass is 774 g/mol. The average Bonchev–Trinajstić information content (AvgIpc) is 3.23. The van der Waals surface area contributed by atoms with E-state index >= 15 is 0 Å². The SMILES string of the molecule is BrCCCCCCCCCOc1cc(N(c2ccc(C=Cc3ccncc3)cc2)c2ccc(C=Cc3ccncc3)cc2)ccc1C=Cc1ccncc1. The molecule has 0 spiro atoms. The van der Waals surface area contributed by atoms with Crippen molar-refractivity contribution in [2.24, 2.45) is 0 Å². The number of unbranched alkanes of at least 4 members (excludes halogenated alkanes) is 6. The van der Waals surface area contributed by atoms with Crippen LogP contribution in [0.15, 0.2) is 140 Å².